The van der Waals surface area contributed by atoms with Gasteiger partial charge in [0.2, 0.25) is 5.91 Å². The minimum absolute atomic E-state index is 0.0179. The van der Waals surface area contributed by atoms with Crippen LogP contribution in [0.1, 0.15) is 6.42 Å². The van der Waals surface area contributed by atoms with Gasteiger partial charge in [0.15, 0.2) is 6.61 Å². The van der Waals surface area contributed by atoms with Crippen LogP contribution in [0.3, 0.4) is 0 Å². The van der Waals surface area contributed by atoms with Crippen molar-refractivity contribution in [1.29, 1.82) is 0 Å². The van der Waals surface area contributed by atoms with E-state index in [-0.39, 0.29) is 18.9 Å². The molecular weight excluding hydrogens is 471 g/mol. The number of benzene rings is 2. The van der Waals surface area contributed by atoms with Gasteiger partial charge in [-0.25, -0.2) is 0 Å². The molecule has 1 N–H and O–H groups in total. The Morgan fingerprint density at radius 1 is 1.18 bits per heavy atom. The number of carbonyl (C=O) groups is 3. The molecule has 2 aromatic carbocycles. The van der Waals surface area contributed by atoms with Crippen molar-refractivity contribution in [3.05, 3.63) is 57.0 Å². The number of nitrogens with one attached hydrogen (secondary N) is 1. The summed E-state index contributed by atoms with van der Waals surface area (Å²) in [6.45, 7) is -0.316. The maximum absolute atomic E-state index is 12.3. The summed E-state index contributed by atoms with van der Waals surface area (Å²) < 4.78 is 5.95. The SMILES string of the molecule is O=C(COC(=O)[C@H]1CC(=O)N(c2cc(Cl)ccc2Cl)C1)Nc1ccc(Br)cc1. The van der Waals surface area contributed by atoms with Gasteiger partial charge in [-0.05, 0) is 42.5 Å². The van der Waals surface area contributed by atoms with Crippen molar-refractivity contribution in [3.63, 3.8) is 0 Å². The number of hydrogen-bond acceptors (Lipinski definition) is 4. The fourth-order valence-electron chi connectivity index (χ4n) is 2.78. The number of anilines is 2. The van der Waals surface area contributed by atoms with Gasteiger partial charge < -0.3 is 15.0 Å². The van der Waals surface area contributed by atoms with E-state index in [4.69, 9.17) is 27.9 Å². The Kier molecular flexibility index (Phi) is 6.59. The van der Waals surface area contributed by atoms with E-state index in [0.717, 1.165) is 4.47 Å². The molecule has 0 aromatic heterocycles. The predicted molar refractivity (Wildman–Crippen MR) is 111 cm³/mol. The van der Waals surface area contributed by atoms with Gasteiger partial charge in [-0.15, -0.1) is 0 Å². The summed E-state index contributed by atoms with van der Waals surface area (Å²) in [6.07, 6.45) is -0.0179. The highest BCUT2D eigenvalue weighted by Gasteiger charge is 2.37. The minimum atomic E-state index is -0.678. The van der Waals surface area contributed by atoms with Crippen LogP contribution in [-0.2, 0) is 19.1 Å². The zero-order chi connectivity index (χ0) is 20.3. The van der Waals surface area contributed by atoms with E-state index in [1.54, 1.807) is 42.5 Å². The minimum Gasteiger partial charge on any atom is -0.455 e. The quantitative estimate of drug-likeness (QED) is 0.641. The highest BCUT2D eigenvalue weighted by Crippen LogP contribution is 2.33. The second-order valence-electron chi connectivity index (χ2n) is 6.16. The summed E-state index contributed by atoms with van der Waals surface area (Å²) in [5, 5.41) is 3.42. The lowest BCUT2D eigenvalue weighted by Gasteiger charge is -2.18. The van der Waals surface area contributed by atoms with Crippen molar-refractivity contribution in [3.8, 4) is 0 Å². The van der Waals surface area contributed by atoms with Crippen LogP contribution in [0, 0.1) is 5.92 Å². The highest BCUT2D eigenvalue weighted by atomic mass is 79.9. The lowest BCUT2D eigenvalue weighted by molar-refractivity contribution is -0.151. The predicted octanol–water partition coefficient (Wildman–Crippen LogP) is 4.29. The summed E-state index contributed by atoms with van der Waals surface area (Å²) >= 11 is 15.4. The normalized spacial score (nSPS) is 16.2. The van der Waals surface area contributed by atoms with Gasteiger partial charge in [0.1, 0.15) is 0 Å². The van der Waals surface area contributed by atoms with Crippen molar-refractivity contribution >= 4 is 68.3 Å². The van der Waals surface area contributed by atoms with Crippen molar-refractivity contribution in [2.75, 3.05) is 23.4 Å². The third kappa shape index (κ3) is 5.04. The second-order valence-corrected chi connectivity index (χ2v) is 7.92. The average Bonchev–Trinajstić information content (AvgIpc) is 3.05. The van der Waals surface area contributed by atoms with E-state index >= 15 is 0 Å². The lowest BCUT2D eigenvalue weighted by atomic mass is 10.1. The smallest absolute Gasteiger partial charge is 0.311 e. The van der Waals surface area contributed by atoms with Gasteiger partial charge in [0, 0.05) is 28.1 Å². The highest BCUT2D eigenvalue weighted by molar-refractivity contribution is 9.10. The third-order valence-corrected chi connectivity index (χ3v) is 5.21. The van der Waals surface area contributed by atoms with Crippen LogP contribution in [-0.4, -0.2) is 30.9 Å². The van der Waals surface area contributed by atoms with Gasteiger partial charge in [0.05, 0.1) is 16.6 Å². The molecule has 2 amide bonds. The topological polar surface area (TPSA) is 75.7 Å². The summed E-state index contributed by atoms with van der Waals surface area (Å²) in [4.78, 5) is 37.9. The number of rotatable bonds is 5. The molecule has 1 fully saturated rings. The number of nitrogens with zero attached hydrogens (tertiary/aromatic N) is 1. The van der Waals surface area contributed by atoms with E-state index in [2.05, 4.69) is 21.2 Å². The fourth-order valence-corrected chi connectivity index (χ4v) is 3.43. The molecule has 0 radical (unpaired) electrons. The van der Waals surface area contributed by atoms with Crippen LogP contribution in [0.2, 0.25) is 10.0 Å². The van der Waals surface area contributed by atoms with Crippen LogP contribution in [0.15, 0.2) is 46.9 Å². The molecule has 9 heteroatoms. The van der Waals surface area contributed by atoms with Gasteiger partial charge in [-0.3, -0.25) is 14.4 Å². The molecule has 1 heterocycles. The monoisotopic (exact) mass is 484 g/mol. The number of esters is 1. The zero-order valence-corrected chi connectivity index (χ0v) is 17.6. The molecule has 2 aromatic rings. The molecular formula is C19H15BrCl2N2O4. The Bertz CT molecular complexity index is 921. The Balaban J connectivity index is 1.55. The first-order valence-electron chi connectivity index (χ1n) is 8.31. The van der Waals surface area contributed by atoms with Crippen LogP contribution < -0.4 is 10.2 Å². The molecule has 0 saturated carbocycles. The average molecular weight is 486 g/mol. The van der Waals surface area contributed by atoms with Crippen LogP contribution in [0.25, 0.3) is 0 Å². The van der Waals surface area contributed by atoms with E-state index in [1.807, 2.05) is 0 Å². The molecule has 0 aliphatic carbocycles. The Hall–Kier alpha value is -2.09. The number of ether oxygens (including phenoxy) is 1. The Labute approximate surface area is 179 Å². The summed E-state index contributed by atoms with van der Waals surface area (Å²) in [7, 11) is 0. The Morgan fingerprint density at radius 3 is 2.61 bits per heavy atom. The van der Waals surface area contributed by atoms with Crippen molar-refractivity contribution < 1.29 is 19.1 Å². The molecule has 1 aliphatic heterocycles. The van der Waals surface area contributed by atoms with Gasteiger partial charge in [-0.1, -0.05) is 39.1 Å². The van der Waals surface area contributed by atoms with Gasteiger partial charge >= 0.3 is 5.97 Å². The fraction of sp³-hybridized carbons (Fsp3) is 0.211. The molecule has 28 heavy (non-hydrogen) atoms. The lowest BCUT2D eigenvalue weighted by Crippen LogP contribution is -2.28. The molecule has 0 bridgehead atoms. The summed E-state index contributed by atoms with van der Waals surface area (Å²) in [6, 6.07) is 11.8. The second kappa shape index (κ2) is 8.94. The maximum Gasteiger partial charge on any atom is 0.311 e. The first-order chi connectivity index (χ1) is 13.3. The van der Waals surface area contributed by atoms with Crippen molar-refractivity contribution in [2.24, 2.45) is 5.92 Å². The number of carbonyl (C=O) groups excluding carboxylic acids is 3. The molecule has 0 spiro atoms. The first kappa shape index (κ1) is 20.6. The van der Waals surface area contributed by atoms with Crippen LogP contribution in [0.5, 0.6) is 0 Å². The van der Waals surface area contributed by atoms with E-state index < -0.39 is 24.4 Å². The molecule has 6 nitrogen and oxygen atoms in total. The number of halogens is 3. The zero-order valence-electron chi connectivity index (χ0n) is 14.5. The number of amides is 2. The molecule has 1 atom stereocenters. The van der Waals surface area contributed by atoms with E-state index in [1.165, 1.54) is 4.90 Å². The largest absolute Gasteiger partial charge is 0.455 e. The van der Waals surface area contributed by atoms with Gasteiger partial charge in [-0.2, -0.15) is 0 Å². The van der Waals surface area contributed by atoms with E-state index in [9.17, 15) is 14.4 Å². The molecule has 146 valence electrons. The summed E-state index contributed by atoms with van der Waals surface area (Å²) in [5.41, 5.74) is 1.03. The number of hydrogen-bond donors (Lipinski definition) is 1. The molecule has 0 unspecified atom stereocenters. The van der Waals surface area contributed by atoms with Gasteiger partial charge in [0.25, 0.3) is 5.91 Å². The Morgan fingerprint density at radius 2 is 1.89 bits per heavy atom. The van der Waals surface area contributed by atoms with Crippen molar-refractivity contribution in [1.82, 2.24) is 0 Å². The van der Waals surface area contributed by atoms with Crippen LogP contribution >= 0.6 is 39.1 Å². The first-order valence-corrected chi connectivity index (χ1v) is 9.86. The molecule has 1 saturated heterocycles. The third-order valence-electron chi connectivity index (χ3n) is 4.13. The van der Waals surface area contributed by atoms with Crippen LogP contribution in [0.4, 0.5) is 11.4 Å². The maximum atomic E-state index is 12.3. The van der Waals surface area contributed by atoms with E-state index in [0.29, 0.717) is 21.4 Å². The summed E-state index contributed by atoms with van der Waals surface area (Å²) in [5.74, 6) is -2.01. The molecule has 3 rings (SSSR count). The van der Waals surface area contributed by atoms with Crippen molar-refractivity contribution in [2.45, 2.75) is 6.42 Å². The molecule has 1 aliphatic rings. The standard InChI is InChI=1S/C19H15BrCl2N2O4/c20-12-1-4-14(5-2-12)23-17(25)10-28-19(27)11-7-18(26)24(9-11)16-8-13(21)3-6-15(16)22/h1-6,8,11H,7,9-10H2,(H,23,25)/t11-/m0/s1.